The Balaban J connectivity index is 2.02. The molecule has 18 heavy (non-hydrogen) atoms. The molecule has 3 N–H and O–H groups in total. The molecule has 3 nitrogen and oxygen atoms in total. The van der Waals surface area contributed by atoms with E-state index in [9.17, 15) is 0 Å². The third-order valence-corrected chi connectivity index (χ3v) is 3.51. The molecule has 0 bridgehead atoms. The van der Waals surface area contributed by atoms with E-state index in [1.165, 1.54) is 5.56 Å². The first-order valence-corrected chi connectivity index (χ1v) is 6.45. The Morgan fingerprint density at radius 2 is 2.33 bits per heavy atom. The van der Waals surface area contributed by atoms with Crippen LogP contribution in [-0.4, -0.2) is 19.0 Å². The molecule has 4 heteroatoms. The Morgan fingerprint density at radius 1 is 1.56 bits per heavy atom. The van der Waals surface area contributed by atoms with Crippen LogP contribution in [0.15, 0.2) is 41.9 Å². The monoisotopic (exact) mass is 263 g/mol. The van der Waals surface area contributed by atoms with Gasteiger partial charge in [0.25, 0.3) is 0 Å². The summed E-state index contributed by atoms with van der Waals surface area (Å²) in [7, 11) is 0. The number of nitrogens with zero attached hydrogens (tertiary/aromatic N) is 1. The molecular weight excluding hydrogens is 246 g/mol. The lowest BCUT2D eigenvalue weighted by Gasteiger charge is -2.14. The van der Waals surface area contributed by atoms with Gasteiger partial charge < -0.3 is 11.1 Å². The smallest absolute Gasteiger partial charge is 0.188 e. The Kier molecular flexibility index (Phi) is 3.92. The van der Waals surface area contributed by atoms with Gasteiger partial charge in [-0.05, 0) is 30.5 Å². The fourth-order valence-corrected chi connectivity index (χ4v) is 2.17. The van der Waals surface area contributed by atoms with E-state index in [1.807, 2.05) is 18.2 Å². The van der Waals surface area contributed by atoms with Crippen molar-refractivity contribution in [3.05, 3.63) is 47.5 Å². The number of halogens is 1. The first kappa shape index (κ1) is 13.0. The highest BCUT2D eigenvalue weighted by Gasteiger charge is 2.44. The minimum atomic E-state index is 0.144. The molecule has 1 aliphatic carbocycles. The van der Waals surface area contributed by atoms with Gasteiger partial charge in [0.2, 0.25) is 0 Å². The van der Waals surface area contributed by atoms with Crippen molar-refractivity contribution in [2.75, 3.05) is 13.1 Å². The van der Waals surface area contributed by atoms with Gasteiger partial charge in [0.05, 0.1) is 6.54 Å². The SMILES string of the molecule is C=CCNC(N)=NCC1(c2cccc(Cl)c2)CC1. The predicted molar refractivity (Wildman–Crippen MR) is 77.1 cm³/mol. The van der Waals surface area contributed by atoms with Crippen LogP contribution >= 0.6 is 11.6 Å². The molecule has 0 amide bonds. The molecule has 0 radical (unpaired) electrons. The maximum atomic E-state index is 6.03. The summed E-state index contributed by atoms with van der Waals surface area (Å²) in [5.41, 5.74) is 7.17. The quantitative estimate of drug-likeness (QED) is 0.487. The number of aliphatic imine (C=N–C) groups is 1. The average Bonchev–Trinajstić information content (AvgIpc) is 3.15. The van der Waals surface area contributed by atoms with E-state index < -0.39 is 0 Å². The van der Waals surface area contributed by atoms with Crippen molar-refractivity contribution in [2.45, 2.75) is 18.3 Å². The molecule has 2 rings (SSSR count). The average molecular weight is 264 g/mol. The van der Waals surface area contributed by atoms with Gasteiger partial charge in [-0.3, -0.25) is 4.99 Å². The molecule has 1 aromatic rings. The second-order valence-electron chi connectivity index (χ2n) is 4.66. The largest absolute Gasteiger partial charge is 0.370 e. The number of hydrogen-bond donors (Lipinski definition) is 2. The van der Waals surface area contributed by atoms with Gasteiger partial charge in [0.1, 0.15) is 0 Å². The van der Waals surface area contributed by atoms with Gasteiger partial charge in [-0.25, -0.2) is 0 Å². The summed E-state index contributed by atoms with van der Waals surface area (Å²) in [6.45, 7) is 4.97. The Hall–Kier alpha value is -1.48. The molecular formula is C14H18ClN3. The van der Waals surface area contributed by atoms with Crippen molar-refractivity contribution < 1.29 is 0 Å². The summed E-state index contributed by atoms with van der Waals surface area (Å²) in [5, 5.41) is 3.76. The van der Waals surface area contributed by atoms with E-state index in [0.29, 0.717) is 19.0 Å². The normalized spacial score (nSPS) is 17.3. The first-order chi connectivity index (χ1) is 8.66. The summed E-state index contributed by atoms with van der Waals surface area (Å²) in [4.78, 5) is 4.39. The number of benzene rings is 1. The van der Waals surface area contributed by atoms with Gasteiger partial charge in [-0.1, -0.05) is 29.8 Å². The third-order valence-electron chi connectivity index (χ3n) is 3.27. The van der Waals surface area contributed by atoms with Crippen LogP contribution in [-0.2, 0) is 5.41 Å². The van der Waals surface area contributed by atoms with Gasteiger partial charge in [-0.2, -0.15) is 0 Å². The zero-order valence-corrected chi connectivity index (χ0v) is 11.1. The first-order valence-electron chi connectivity index (χ1n) is 6.07. The van der Waals surface area contributed by atoms with Crippen molar-refractivity contribution in [2.24, 2.45) is 10.7 Å². The predicted octanol–water partition coefficient (Wildman–Crippen LogP) is 2.46. The van der Waals surface area contributed by atoms with E-state index in [4.69, 9.17) is 17.3 Å². The van der Waals surface area contributed by atoms with Crippen LogP contribution in [0.3, 0.4) is 0 Å². The van der Waals surface area contributed by atoms with E-state index in [-0.39, 0.29) is 5.41 Å². The molecule has 96 valence electrons. The molecule has 0 aliphatic heterocycles. The van der Waals surface area contributed by atoms with Crippen LogP contribution < -0.4 is 11.1 Å². The van der Waals surface area contributed by atoms with E-state index in [0.717, 1.165) is 17.9 Å². The summed E-state index contributed by atoms with van der Waals surface area (Å²) in [6.07, 6.45) is 4.05. The highest BCUT2D eigenvalue weighted by Crippen LogP contribution is 2.48. The molecule has 1 aromatic carbocycles. The van der Waals surface area contributed by atoms with Crippen molar-refractivity contribution in [3.8, 4) is 0 Å². The number of nitrogens with two attached hydrogens (primary N) is 1. The van der Waals surface area contributed by atoms with E-state index >= 15 is 0 Å². The van der Waals surface area contributed by atoms with Crippen LogP contribution in [0.5, 0.6) is 0 Å². The molecule has 0 aromatic heterocycles. The van der Waals surface area contributed by atoms with Crippen molar-refractivity contribution >= 4 is 17.6 Å². The molecule has 0 spiro atoms. The second kappa shape index (κ2) is 5.44. The molecule has 1 aliphatic rings. The number of nitrogens with one attached hydrogen (secondary N) is 1. The lowest BCUT2D eigenvalue weighted by molar-refractivity contribution is 0.702. The van der Waals surface area contributed by atoms with Crippen LogP contribution in [0.25, 0.3) is 0 Å². The molecule has 0 unspecified atom stereocenters. The minimum absolute atomic E-state index is 0.144. The van der Waals surface area contributed by atoms with Crippen molar-refractivity contribution in [1.82, 2.24) is 5.32 Å². The van der Waals surface area contributed by atoms with Gasteiger partial charge >= 0.3 is 0 Å². The van der Waals surface area contributed by atoms with E-state index in [1.54, 1.807) is 6.08 Å². The molecule has 0 atom stereocenters. The number of rotatable bonds is 5. The molecule has 0 saturated heterocycles. The molecule has 0 heterocycles. The zero-order chi connectivity index (χ0) is 13.0. The lowest BCUT2D eigenvalue weighted by Crippen LogP contribution is -2.32. The van der Waals surface area contributed by atoms with Crippen LogP contribution in [0.4, 0.5) is 0 Å². The number of hydrogen-bond acceptors (Lipinski definition) is 1. The van der Waals surface area contributed by atoms with Crippen LogP contribution in [0.2, 0.25) is 5.02 Å². The minimum Gasteiger partial charge on any atom is -0.370 e. The maximum absolute atomic E-state index is 6.03. The molecule has 1 saturated carbocycles. The molecule has 1 fully saturated rings. The number of guanidine groups is 1. The summed E-state index contributed by atoms with van der Waals surface area (Å²) in [5.74, 6) is 0.475. The zero-order valence-electron chi connectivity index (χ0n) is 10.3. The van der Waals surface area contributed by atoms with Crippen molar-refractivity contribution in [1.29, 1.82) is 0 Å². The third kappa shape index (κ3) is 3.05. The van der Waals surface area contributed by atoms with Crippen LogP contribution in [0.1, 0.15) is 18.4 Å². The fraction of sp³-hybridized carbons (Fsp3) is 0.357. The summed E-state index contributed by atoms with van der Waals surface area (Å²) in [6, 6.07) is 8.02. The topological polar surface area (TPSA) is 50.4 Å². The Morgan fingerprint density at radius 3 is 2.94 bits per heavy atom. The highest BCUT2D eigenvalue weighted by molar-refractivity contribution is 6.30. The van der Waals surface area contributed by atoms with Crippen LogP contribution in [0, 0.1) is 0 Å². The standard InChI is InChI=1S/C14H18ClN3/c1-2-8-17-13(16)18-10-14(6-7-14)11-4-3-5-12(15)9-11/h2-5,9H,1,6-8,10H2,(H3,16,17,18). The Bertz CT molecular complexity index is 464. The summed E-state index contributed by atoms with van der Waals surface area (Å²) >= 11 is 6.03. The van der Waals surface area contributed by atoms with Crippen molar-refractivity contribution in [3.63, 3.8) is 0 Å². The Labute approximate surface area is 113 Å². The fourth-order valence-electron chi connectivity index (χ4n) is 1.98. The highest BCUT2D eigenvalue weighted by atomic mass is 35.5. The van der Waals surface area contributed by atoms with E-state index in [2.05, 4.69) is 23.0 Å². The summed E-state index contributed by atoms with van der Waals surface area (Å²) < 4.78 is 0. The van der Waals surface area contributed by atoms with Gasteiger partial charge in [0.15, 0.2) is 5.96 Å². The lowest BCUT2D eigenvalue weighted by atomic mass is 9.96. The maximum Gasteiger partial charge on any atom is 0.188 e. The van der Waals surface area contributed by atoms with Gasteiger partial charge in [0, 0.05) is 17.0 Å². The van der Waals surface area contributed by atoms with Gasteiger partial charge in [-0.15, -0.1) is 6.58 Å². The second-order valence-corrected chi connectivity index (χ2v) is 5.10.